The summed E-state index contributed by atoms with van der Waals surface area (Å²) < 4.78 is 5.11. The molecule has 0 aromatic heterocycles. The third kappa shape index (κ3) is 2.96. The fourth-order valence-electron chi connectivity index (χ4n) is 1.41. The van der Waals surface area contributed by atoms with Crippen LogP contribution in [0.25, 0.3) is 11.1 Å². The Kier molecular flexibility index (Phi) is 4.62. The van der Waals surface area contributed by atoms with Gasteiger partial charge in [-0.15, -0.1) is 24.0 Å². The highest BCUT2D eigenvalue weighted by atomic mass is 127. The number of hydrogen-bond acceptors (Lipinski definition) is 1. The van der Waals surface area contributed by atoms with Crippen LogP contribution in [0.3, 0.4) is 0 Å². The molecule has 2 heteroatoms. The van der Waals surface area contributed by atoms with Gasteiger partial charge in [-0.2, -0.15) is 0 Å². The molecule has 0 amide bonds. The Balaban J connectivity index is 0.00000112. The Morgan fingerprint density at radius 2 is 1.27 bits per heavy atom. The van der Waals surface area contributed by atoms with Crippen molar-refractivity contribution < 1.29 is 4.74 Å². The molecule has 78 valence electrons. The van der Waals surface area contributed by atoms with E-state index in [4.69, 9.17) is 4.74 Å². The van der Waals surface area contributed by atoms with Crippen molar-refractivity contribution in [3.63, 3.8) is 0 Å². The normalized spacial score (nSPS) is 9.13. The lowest BCUT2D eigenvalue weighted by atomic mass is 10.1. The van der Waals surface area contributed by atoms with Gasteiger partial charge in [-0.25, -0.2) is 0 Å². The molecular formula is C13H13IO. The Hall–Kier alpha value is -1.03. The predicted octanol–water partition coefficient (Wildman–Crippen LogP) is 3.98. The lowest BCUT2D eigenvalue weighted by molar-refractivity contribution is 0.415. The molecule has 0 saturated heterocycles. The first-order valence-corrected chi connectivity index (χ1v) is 4.59. The second-order valence-corrected chi connectivity index (χ2v) is 3.09. The fraction of sp³-hybridized carbons (Fsp3) is 0.0769. The van der Waals surface area contributed by atoms with E-state index >= 15 is 0 Å². The van der Waals surface area contributed by atoms with Crippen LogP contribution in [0.1, 0.15) is 0 Å². The summed E-state index contributed by atoms with van der Waals surface area (Å²) in [7, 11) is 1.68. The van der Waals surface area contributed by atoms with Gasteiger partial charge in [0, 0.05) is 0 Å². The summed E-state index contributed by atoms with van der Waals surface area (Å²) in [5.74, 6) is 0.893. The van der Waals surface area contributed by atoms with Crippen LogP contribution in [0.15, 0.2) is 54.6 Å². The standard InChI is InChI=1S/C13H12O.HI/c1-14-13-9-7-12(8-10-13)11-5-3-2-4-6-11;/h2-10H,1H3;1H. The van der Waals surface area contributed by atoms with Crippen molar-refractivity contribution in [2.75, 3.05) is 7.11 Å². The van der Waals surface area contributed by atoms with Crippen LogP contribution in [0.2, 0.25) is 0 Å². The topological polar surface area (TPSA) is 9.23 Å². The van der Waals surface area contributed by atoms with Crippen LogP contribution in [-0.2, 0) is 0 Å². The molecule has 0 atom stereocenters. The van der Waals surface area contributed by atoms with E-state index in [1.54, 1.807) is 7.11 Å². The highest BCUT2D eigenvalue weighted by molar-refractivity contribution is 14.0. The Bertz CT molecular complexity index is 395. The zero-order valence-corrected chi connectivity index (χ0v) is 10.8. The predicted molar refractivity (Wildman–Crippen MR) is 73.8 cm³/mol. The van der Waals surface area contributed by atoms with Gasteiger partial charge >= 0.3 is 0 Å². The van der Waals surface area contributed by atoms with E-state index in [1.807, 2.05) is 30.3 Å². The van der Waals surface area contributed by atoms with Crippen LogP contribution >= 0.6 is 24.0 Å². The largest absolute Gasteiger partial charge is 0.497 e. The minimum absolute atomic E-state index is 0. The summed E-state index contributed by atoms with van der Waals surface area (Å²) in [6.45, 7) is 0. The zero-order valence-electron chi connectivity index (χ0n) is 8.51. The molecule has 2 rings (SSSR count). The van der Waals surface area contributed by atoms with E-state index in [-0.39, 0.29) is 24.0 Å². The number of benzene rings is 2. The molecule has 0 aliphatic heterocycles. The minimum atomic E-state index is 0. The Morgan fingerprint density at radius 3 is 1.80 bits per heavy atom. The maximum Gasteiger partial charge on any atom is 0.118 e. The molecule has 0 bridgehead atoms. The van der Waals surface area contributed by atoms with Gasteiger partial charge in [-0.1, -0.05) is 42.5 Å². The van der Waals surface area contributed by atoms with Crippen LogP contribution < -0.4 is 4.74 Å². The van der Waals surface area contributed by atoms with Crippen LogP contribution in [0, 0.1) is 0 Å². The average molecular weight is 312 g/mol. The van der Waals surface area contributed by atoms with Gasteiger partial charge in [0.25, 0.3) is 0 Å². The highest BCUT2D eigenvalue weighted by Gasteiger charge is 1.95. The van der Waals surface area contributed by atoms with E-state index in [2.05, 4.69) is 24.3 Å². The monoisotopic (exact) mass is 312 g/mol. The molecule has 0 radical (unpaired) electrons. The first-order chi connectivity index (χ1) is 6.90. The molecule has 2 aromatic carbocycles. The quantitative estimate of drug-likeness (QED) is 0.762. The maximum absolute atomic E-state index is 5.11. The van der Waals surface area contributed by atoms with Gasteiger partial charge < -0.3 is 4.74 Å². The molecule has 2 aromatic rings. The van der Waals surface area contributed by atoms with E-state index in [1.165, 1.54) is 11.1 Å². The van der Waals surface area contributed by atoms with Crippen molar-refractivity contribution in [2.45, 2.75) is 0 Å². The number of methoxy groups -OCH3 is 1. The molecule has 0 unspecified atom stereocenters. The number of ether oxygens (including phenoxy) is 1. The summed E-state index contributed by atoms with van der Waals surface area (Å²) in [5, 5.41) is 0. The Labute approximate surface area is 107 Å². The second kappa shape index (κ2) is 5.75. The van der Waals surface area contributed by atoms with Crippen molar-refractivity contribution in [1.29, 1.82) is 0 Å². The minimum Gasteiger partial charge on any atom is -0.497 e. The summed E-state index contributed by atoms with van der Waals surface area (Å²) in [6, 6.07) is 18.4. The smallest absolute Gasteiger partial charge is 0.118 e. The molecule has 15 heavy (non-hydrogen) atoms. The number of rotatable bonds is 2. The van der Waals surface area contributed by atoms with Crippen LogP contribution in [-0.4, -0.2) is 7.11 Å². The molecule has 0 aliphatic carbocycles. The van der Waals surface area contributed by atoms with Crippen LogP contribution in [0.5, 0.6) is 5.75 Å². The van der Waals surface area contributed by atoms with E-state index in [0.717, 1.165) is 5.75 Å². The summed E-state index contributed by atoms with van der Waals surface area (Å²) in [6.07, 6.45) is 0. The van der Waals surface area contributed by atoms with E-state index in [0.29, 0.717) is 0 Å². The number of hydrogen-bond donors (Lipinski definition) is 0. The molecule has 0 N–H and O–H groups in total. The van der Waals surface area contributed by atoms with Gasteiger partial charge in [0.1, 0.15) is 5.75 Å². The Morgan fingerprint density at radius 1 is 0.733 bits per heavy atom. The van der Waals surface area contributed by atoms with E-state index < -0.39 is 0 Å². The van der Waals surface area contributed by atoms with Gasteiger partial charge in [-0.3, -0.25) is 0 Å². The molecule has 0 spiro atoms. The van der Waals surface area contributed by atoms with Crippen LogP contribution in [0.4, 0.5) is 0 Å². The molecule has 1 nitrogen and oxygen atoms in total. The number of halogens is 1. The average Bonchev–Trinajstić information content (AvgIpc) is 2.30. The summed E-state index contributed by atoms with van der Waals surface area (Å²) in [5.41, 5.74) is 2.45. The molecular weight excluding hydrogens is 299 g/mol. The maximum atomic E-state index is 5.11. The van der Waals surface area contributed by atoms with Crippen molar-refractivity contribution in [1.82, 2.24) is 0 Å². The van der Waals surface area contributed by atoms with Crippen molar-refractivity contribution in [2.24, 2.45) is 0 Å². The lowest BCUT2D eigenvalue weighted by Gasteiger charge is -2.02. The third-order valence-corrected chi connectivity index (χ3v) is 2.20. The third-order valence-electron chi connectivity index (χ3n) is 2.20. The highest BCUT2D eigenvalue weighted by Crippen LogP contribution is 2.21. The van der Waals surface area contributed by atoms with Crippen molar-refractivity contribution in [3.05, 3.63) is 54.6 Å². The summed E-state index contributed by atoms with van der Waals surface area (Å²) in [4.78, 5) is 0. The van der Waals surface area contributed by atoms with Gasteiger partial charge in [0.2, 0.25) is 0 Å². The van der Waals surface area contributed by atoms with Gasteiger partial charge in [0.05, 0.1) is 7.11 Å². The van der Waals surface area contributed by atoms with Gasteiger partial charge in [-0.05, 0) is 23.3 Å². The summed E-state index contributed by atoms with van der Waals surface area (Å²) >= 11 is 0. The SMILES string of the molecule is COc1ccc(-c2ccccc2)cc1.I. The molecule has 0 heterocycles. The van der Waals surface area contributed by atoms with Crippen molar-refractivity contribution >= 4 is 24.0 Å². The van der Waals surface area contributed by atoms with Gasteiger partial charge in [0.15, 0.2) is 0 Å². The lowest BCUT2D eigenvalue weighted by Crippen LogP contribution is -1.82. The molecule has 0 aliphatic rings. The van der Waals surface area contributed by atoms with Crippen molar-refractivity contribution in [3.8, 4) is 16.9 Å². The first-order valence-electron chi connectivity index (χ1n) is 4.59. The zero-order chi connectivity index (χ0) is 9.80. The molecule has 0 saturated carbocycles. The molecule has 0 fully saturated rings. The first kappa shape index (κ1) is 12.0. The fourth-order valence-corrected chi connectivity index (χ4v) is 1.41. The van der Waals surface area contributed by atoms with E-state index in [9.17, 15) is 0 Å². The second-order valence-electron chi connectivity index (χ2n) is 3.09.